The fourth-order valence-corrected chi connectivity index (χ4v) is 0.839. The summed E-state index contributed by atoms with van der Waals surface area (Å²) in [6, 6.07) is 6.22. The smallest absolute Gasteiger partial charge is 0.161 e. The zero-order valence-corrected chi connectivity index (χ0v) is 6.72. The van der Waals surface area contributed by atoms with Gasteiger partial charge in [0.1, 0.15) is 0 Å². The lowest BCUT2D eigenvalue weighted by Crippen LogP contribution is -1.92. The van der Waals surface area contributed by atoms with E-state index in [1.54, 1.807) is 12.1 Å². The summed E-state index contributed by atoms with van der Waals surface area (Å²) in [4.78, 5) is 0. The molecule has 0 heterocycles. The predicted octanol–water partition coefficient (Wildman–Crippen LogP) is 1.90. The largest absolute Gasteiger partial charge is 0.504 e. The van der Waals surface area contributed by atoms with Crippen LogP contribution >= 0.6 is 0 Å². The summed E-state index contributed by atoms with van der Waals surface area (Å²) in [6.45, 7) is 4.25. The molecule has 0 atom stereocenters. The number of hydrogen-bond donors (Lipinski definition) is 1. The van der Waals surface area contributed by atoms with Crippen molar-refractivity contribution in [2.75, 3.05) is 6.61 Å². The van der Waals surface area contributed by atoms with Crippen molar-refractivity contribution in [1.29, 1.82) is 0 Å². The Kier molecular flexibility index (Phi) is 2.36. The molecule has 11 heavy (non-hydrogen) atoms. The number of rotatable bonds is 2. The Bertz CT molecular complexity index is 243. The van der Waals surface area contributed by atoms with Gasteiger partial charge in [-0.05, 0) is 37.6 Å². The van der Waals surface area contributed by atoms with Crippen LogP contribution in [0.3, 0.4) is 0 Å². The molecule has 1 aromatic rings. The molecule has 0 saturated carbocycles. The average Bonchev–Trinajstić information content (AvgIpc) is 1.99. The summed E-state index contributed by atoms with van der Waals surface area (Å²) in [5, 5.41) is 9.38. The first-order valence-corrected chi connectivity index (χ1v) is 3.58. The van der Waals surface area contributed by atoms with Crippen LogP contribution in [0.25, 0.3) is 0 Å². The molecule has 0 unspecified atom stereocenters. The molecule has 0 saturated heterocycles. The lowest BCUT2D eigenvalue weighted by Gasteiger charge is -2.06. The number of ether oxygens (including phenoxy) is 1. The molecule has 0 aliphatic carbocycles. The summed E-state index contributed by atoms with van der Waals surface area (Å²) in [5.74, 6) is 0.720. The van der Waals surface area contributed by atoms with E-state index in [2.05, 4.69) is 6.07 Å². The van der Waals surface area contributed by atoms with E-state index in [-0.39, 0.29) is 5.75 Å². The minimum absolute atomic E-state index is 0.214. The van der Waals surface area contributed by atoms with Gasteiger partial charge in [0.05, 0.1) is 6.61 Å². The average molecular weight is 151 g/mol. The van der Waals surface area contributed by atoms with Gasteiger partial charge in [-0.15, -0.1) is 0 Å². The number of hydrogen-bond acceptors (Lipinski definition) is 2. The van der Waals surface area contributed by atoms with Crippen LogP contribution in [0.1, 0.15) is 12.5 Å². The molecule has 1 radical (unpaired) electrons. The maximum absolute atomic E-state index is 9.38. The Morgan fingerprint density at radius 2 is 2.27 bits per heavy atom. The molecular formula is C9H11O2. The molecule has 2 nitrogen and oxygen atoms in total. The third kappa shape index (κ3) is 1.64. The third-order valence-electron chi connectivity index (χ3n) is 1.42. The molecular weight excluding hydrogens is 140 g/mol. The van der Waals surface area contributed by atoms with Gasteiger partial charge in [-0.1, -0.05) is 0 Å². The molecule has 0 spiro atoms. The third-order valence-corrected chi connectivity index (χ3v) is 1.42. The Balaban J connectivity index is 2.96. The molecule has 2 heteroatoms. The van der Waals surface area contributed by atoms with Crippen molar-refractivity contribution in [2.24, 2.45) is 0 Å². The van der Waals surface area contributed by atoms with Crippen molar-refractivity contribution in [2.45, 2.75) is 13.8 Å². The molecule has 1 aromatic carbocycles. The van der Waals surface area contributed by atoms with Gasteiger partial charge in [0.15, 0.2) is 11.5 Å². The van der Waals surface area contributed by atoms with Gasteiger partial charge >= 0.3 is 0 Å². The zero-order valence-electron chi connectivity index (χ0n) is 6.72. The fraction of sp³-hybridized carbons (Fsp3) is 0.333. The van der Waals surface area contributed by atoms with Gasteiger partial charge in [-0.25, -0.2) is 0 Å². The molecule has 0 aliphatic rings. The number of phenols is 1. The van der Waals surface area contributed by atoms with E-state index in [9.17, 15) is 5.11 Å². The number of aryl methyl sites for hydroxylation is 1. The fourth-order valence-electron chi connectivity index (χ4n) is 0.839. The van der Waals surface area contributed by atoms with Gasteiger partial charge in [0, 0.05) is 0 Å². The van der Waals surface area contributed by atoms with Gasteiger partial charge in [0.25, 0.3) is 0 Å². The van der Waals surface area contributed by atoms with Crippen molar-refractivity contribution in [3.05, 3.63) is 23.8 Å². The first-order valence-electron chi connectivity index (χ1n) is 3.58. The highest BCUT2D eigenvalue weighted by Gasteiger charge is 2.02. The van der Waals surface area contributed by atoms with Crippen LogP contribution in [0.4, 0.5) is 0 Å². The molecule has 0 fully saturated rings. The Hall–Kier alpha value is -1.18. The Morgan fingerprint density at radius 1 is 1.55 bits per heavy atom. The minimum atomic E-state index is 0.214. The Morgan fingerprint density at radius 3 is 2.91 bits per heavy atom. The van der Waals surface area contributed by atoms with Gasteiger partial charge in [-0.2, -0.15) is 0 Å². The van der Waals surface area contributed by atoms with E-state index in [1.807, 2.05) is 13.8 Å². The minimum Gasteiger partial charge on any atom is -0.504 e. The lowest BCUT2D eigenvalue weighted by molar-refractivity contribution is 0.317. The van der Waals surface area contributed by atoms with Crippen molar-refractivity contribution in [1.82, 2.24) is 0 Å². The monoisotopic (exact) mass is 151 g/mol. The van der Waals surface area contributed by atoms with E-state index in [0.717, 1.165) is 5.56 Å². The van der Waals surface area contributed by atoms with E-state index < -0.39 is 0 Å². The summed E-state index contributed by atoms with van der Waals surface area (Å²) < 4.78 is 5.14. The number of phenolic OH excluding ortho intramolecular Hbond substituents is 1. The topological polar surface area (TPSA) is 29.5 Å². The number of benzene rings is 1. The van der Waals surface area contributed by atoms with Crippen molar-refractivity contribution in [3.8, 4) is 11.5 Å². The van der Waals surface area contributed by atoms with E-state index in [1.165, 1.54) is 0 Å². The highest BCUT2D eigenvalue weighted by atomic mass is 16.5. The maximum atomic E-state index is 9.38. The predicted molar refractivity (Wildman–Crippen MR) is 42.8 cm³/mol. The van der Waals surface area contributed by atoms with Crippen LogP contribution in [0.5, 0.6) is 11.5 Å². The number of aromatic hydroxyl groups is 1. The molecule has 0 amide bonds. The Labute approximate surface area is 66.4 Å². The second kappa shape index (κ2) is 3.28. The van der Waals surface area contributed by atoms with Crippen molar-refractivity contribution in [3.63, 3.8) is 0 Å². The summed E-state index contributed by atoms with van der Waals surface area (Å²) in [7, 11) is 0. The lowest BCUT2D eigenvalue weighted by atomic mass is 10.2. The first kappa shape index (κ1) is 7.92. The molecule has 0 aromatic heterocycles. The quantitative estimate of drug-likeness (QED) is 0.699. The van der Waals surface area contributed by atoms with Crippen LogP contribution in [0.15, 0.2) is 12.1 Å². The highest BCUT2D eigenvalue weighted by molar-refractivity contribution is 5.43. The summed E-state index contributed by atoms with van der Waals surface area (Å²) in [6.07, 6.45) is 0. The molecule has 1 N–H and O–H groups in total. The van der Waals surface area contributed by atoms with Crippen molar-refractivity contribution < 1.29 is 9.84 Å². The maximum Gasteiger partial charge on any atom is 0.161 e. The molecule has 0 aliphatic heterocycles. The van der Waals surface area contributed by atoms with E-state index >= 15 is 0 Å². The summed E-state index contributed by atoms with van der Waals surface area (Å²) in [5.41, 5.74) is 0.788. The zero-order chi connectivity index (χ0) is 8.27. The first-order chi connectivity index (χ1) is 5.25. The van der Waals surface area contributed by atoms with E-state index in [0.29, 0.717) is 12.4 Å². The van der Waals surface area contributed by atoms with Crippen LogP contribution in [0, 0.1) is 13.0 Å². The molecule has 0 bridgehead atoms. The SMILES string of the molecule is CCOc1c[c]cc(C)c1O. The molecule has 1 rings (SSSR count). The standard InChI is InChI=1S/C9H11O2/c1-3-11-8-6-4-5-7(2)9(8)10/h5-6,10H,3H2,1-2H3. The van der Waals surface area contributed by atoms with Gasteiger partial charge in [-0.3, -0.25) is 0 Å². The van der Waals surface area contributed by atoms with E-state index in [4.69, 9.17) is 4.74 Å². The normalized spacial score (nSPS) is 9.64. The second-order valence-corrected chi connectivity index (χ2v) is 2.28. The van der Waals surface area contributed by atoms with Gasteiger partial charge in [0.2, 0.25) is 0 Å². The van der Waals surface area contributed by atoms with Crippen LogP contribution in [-0.2, 0) is 0 Å². The summed E-state index contributed by atoms with van der Waals surface area (Å²) >= 11 is 0. The molecule has 59 valence electrons. The second-order valence-electron chi connectivity index (χ2n) is 2.28. The van der Waals surface area contributed by atoms with Crippen LogP contribution in [-0.4, -0.2) is 11.7 Å². The van der Waals surface area contributed by atoms with Crippen molar-refractivity contribution >= 4 is 0 Å². The van der Waals surface area contributed by atoms with Crippen LogP contribution in [0.2, 0.25) is 0 Å². The highest BCUT2D eigenvalue weighted by Crippen LogP contribution is 2.28. The van der Waals surface area contributed by atoms with Crippen LogP contribution < -0.4 is 4.74 Å². The van der Waals surface area contributed by atoms with Gasteiger partial charge < -0.3 is 9.84 Å².